The third-order valence-corrected chi connectivity index (χ3v) is 4.26. The highest BCUT2D eigenvalue weighted by atomic mass is 16.4. The highest BCUT2D eigenvalue weighted by Gasteiger charge is 2.27. The zero-order valence-electron chi connectivity index (χ0n) is 13.2. The topological polar surface area (TPSA) is 72.9 Å². The maximum atomic E-state index is 5.55. The van der Waals surface area contributed by atoms with E-state index in [0.29, 0.717) is 11.8 Å². The molecule has 3 aromatic rings. The minimum Gasteiger partial charge on any atom is -0.424 e. The molecule has 1 aliphatic rings. The van der Waals surface area contributed by atoms with Gasteiger partial charge in [-0.25, -0.2) is 0 Å². The molecule has 0 radical (unpaired) electrons. The van der Waals surface area contributed by atoms with E-state index in [4.69, 9.17) is 4.42 Å². The quantitative estimate of drug-likeness (QED) is 0.738. The fourth-order valence-corrected chi connectivity index (χ4v) is 2.94. The Morgan fingerprint density at radius 1 is 1.04 bits per heavy atom. The molecular formula is C16H18N6O. The van der Waals surface area contributed by atoms with Crippen LogP contribution in [-0.4, -0.2) is 36.4 Å². The summed E-state index contributed by atoms with van der Waals surface area (Å²) in [6.07, 6.45) is 0. The highest BCUT2D eigenvalue weighted by Crippen LogP contribution is 2.26. The van der Waals surface area contributed by atoms with Gasteiger partial charge in [0.2, 0.25) is 11.8 Å². The van der Waals surface area contributed by atoms with Gasteiger partial charge in [0.25, 0.3) is 0 Å². The molecule has 0 unspecified atom stereocenters. The molecule has 0 bridgehead atoms. The van der Waals surface area contributed by atoms with E-state index in [2.05, 4.69) is 48.9 Å². The monoisotopic (exact) mass is 310 g/mol. The molecule has 0 fully saturated rings. The predicted octanol–water partition coefficient (Wildman–Crippen LogP) is 2.21. The van der Waals surface area contributed by atoms with Gasteiger partial charge in [0.05, 0.1) is 12.6 Å². The molecule has 1 aliphatic heterocycles. The van der Waals surface area contributed by atoms with Crippen LogP contribution in [0.4, 0.5) is 0 Å². The summed E-state index contributed by atoms with van der Waals surface area (Å²) in [6.45, 7) is 6.36. The zero-order valence-corrected chi connectivity index (χ0v) is 13.2. The molecule has 0 spiro atoms. The van der Waals surface area contributed by atoms with Crippen LogP contribution in [0, 0.1) is 6.92 Å². The molecular weight excluding hydrogens is 292 g/mol. The summed E-state index contributed by atoms with van der Waals surface area (Å²) >= 11 is 0. The molecule has 0 amide bonds. The summed E-state index contributed by atoms with van der Waals surface area (Å²) in [5.74, 6) is 3.15. The summed E-state index contributed by atoms with van der Waals surface area (Å²) in [5.41, 5.74) is 1.10. The Kier molecular flexibility index (Phi) is 3.42. The minimum atomic E-state index is 0.0711. The second-order valence-corrected chi connectivity index (χ2v) is 5.76. The van der Waals surface area contributed by atoms with Crippen molar-refractivity contribution >= 4 is 0 Å². The van der Waals surface area contributed by atoms with E-state index in [1.165, 1.54) is 0 Å². The number of hydrogen-bond donors (Lipinski definition) is 0. The summed E-state index contributed by atoms with van der Waals surface area (Å²) in [7, 11) is 0. The first-order chi connectivity index (χ1) is 11.2. The summed E-state index contributed by atoms with van der Waals surface area (Å²) in [6, 6.07) is 10.2. The van der Waals surface area contributed by atoms with Gasteiger partial charge in [-0.3, -0.25) is 4.90 Å². The smallest absolute Gasteiger partial charge is 0.233 e. The van der Waals surface area contributed by atoms with E-state index in [-0.39, 0.29) is 6.04 Å². The first kappa shape index (κ1) is 14.1. The molecule has 7 heteroatoms. The van der Waals surface area contributed by atoms with Crippen molar-refractivity contribution in [2.24, 2.45) is 0 Å². The van der Waals surface area contributed by atoms with Crippen LogP contribution in [0.25, 0.3) is 11.4 Å². The molecule has 2 aromatic heterocycles. The minimum absolute atomic E-state index is 0.0711. The molecule has 4 rings (SSSR count). The summed E-state index contributed by atoms with van der Waals surface area (Å²) in [4.78, 5) is 2.28. The molecule has 118 valence electrons. The molecule has 0 aliphatic carbocycles. The molecule has 0 saturated heterocycles. The van der Waals surface area contributed by atoms with Gasteiger partial charge in [-0.2, -0.15) is 0 Å². The van der Waals surface area contributed by atoms with E-state index in [9.17, 15) is 0 Å². The fourth-order valence-electron chi connectivity index (χ4n) is 2.94. The second kappa shape index (κ2) is 5.58. The van der Waals surface area contributed by atoms with Crippen molar-refractivity contribution < 1.29 is 4.42 Å². The summed E-state index contributed by atoms with van der Waals surface area (Å²) < 4.78 is 7.75. The number of fused-ring (bicyclic) bond motifs is 1. The number of aryl methyl sites for hydroxylation is 1. The van der Waals surface area contributed by atoms with Crippen molar-refractivity contribution in [3.05, 3.63) is 47.9 Å². The van der Waals surface area contributed by atoms with Crippen molar-refractivity contribution in [1.82, 2.24) is 29.9 Å². The maximum Gasteiger partial charge on any atom is 0.233 e. The Labute approximate surface area is 134 Å². The van der Waals surface area contributed by atoms with E-state index in [0.717, 1.165) is 36.8 Å². The van der Waals surface area contributed by atoms with Crippen LogP contribution in [0.1, 0.15) is 30.6 Å². The van der Waals surface area contributed by atoms with Gasteiger partial charge in [-0.15, -0.1) is 20.4 Å². The molecule has 7 nitrogen and oxygen atoms in total. The van der Waals surface area contributed by atoms with Gasteiger partial charge in [0, 0.05) is 25.6 Å². The maximum absolute atomic E-state index is 5.55. The van der Waals surface area contributed by atoms with Gasteiger partial charge in [-0.05, 0) is 6.92 Å². The average molecular weight is 310 g/mol. The van der Waals surface area contributed by atoms with Crippen LogP contribution in [0.5, 0.6) is 0 Å². The number of rotatable bonds is 3. The van der Waals surface area contributed by atoms with Gasteiger partial charge in [0.1, 0.15) is 5.82 Å². The lowest BCUT2D eigenvalue weighted by atomic mass is 10.2. The zero-order chi connectivity index (χ0) is 15.8. The first-order valence-corrected chi connectivity index (χ1v) is 7.74. The van der Waals surface area contributed by atoms with E-state index in [1.54, 1.807) is 0 Å². The number of aromatic nitrogens is 5. The largest absolute Gasteiger partial charge is 0.424 e. The van der Waals surface area contributed by atoms with Crippen LogP contribution in [-0.2, 0) is 13.1 Å². The molecule has 0 N–H and O–H groups in total. The standard InChI is InChI=1S/C16H18N6O/c1-11(16-20-17-12(2)23-16)21-8-9-22-14(10-21)18-19-15(22)13-6-4-3-5-7-13/h3-7,11H,8-10H2,1-2H3/t11-/m1/s1. The van der Waals surface area contributed by atoms with Gasteiger partial charge >= 0.3 is 0 Å². The molecule has 1 atom stereocenters. The lowest BCUT2D eigenvalue weighted by molar-refractivity contribution is 0.142. The van der Waals surface area contributed by atoms with Gasteiger partial charge in [-0.1, -0.05) is 30.3 Å². The number of benzene rings is 1. The van der Waals surface area contributed by atoms with Gasteiger partial charge in [0.15, 0.2) is 5.82 Å². The van der Waals surface area contributed by atoms with Crippen molar-refractivity contribution in [3.63, 3.8) is 0 Å². The SMILES string of the molecule is Cc1nnc([C@@H](C)N2CCn3c(nnc3-c3ccccc3)C2)o1. The summed E-state index contributed by atoms with van der Waals surface area (Å²) in [5, 5.41) is 16.8. The normalized spacial score (nSPS) is 16.3. The van der Waals surface area contributed by atoms with Crippen LogP contribution in [0.2, 0.25) is 0 Å². The van der Waals surface area contributed by atoms with Crippen molar-refractivity contribution in [1.29, 1.82) is 0 Å². The third kappa shape index (κ3) is 2.53. The Morgan fingerprint density at radius 3 is 2.61 bits per heavy atom. The number of nitrogens with zero attached hydrogens (tertiary/aromatic N) is 6. The van der Waals surface area contributed by atoms with E-state index >= 15 is 0 Å². The molecule has 23 heavy (non-hydrogen) atoms. The highest BCUT2D eigenvalue weighted by molar-refractivity contribution is 5.55. The lowest BCUT2D eigenvalue weighted by Crippen LogP contribution is -2.36. The van der Waals surface area contributed by atoms with Crippen LogP contribution in [0.15, 0.2) is 34.7 Å². The second-order valence-electron chi connectivity index (χ2n) is 5.76. The Balaban J connectivity index is 1.58. The van der Waals surface area contributed by atoms with Gasteiger partial charge < -0.3 is 8.98 Å². The van der Waals surface area contributed by atoms with Crippen molar-refractivity contribution in [2.45, 2.75) is 33.0 Å². The Hall–Kier alpha value is -2.54. The van der Waals surface area contributed by atoms with E-state index < -0.39 is 0 Å². The first-order valence-electron chi connectivity index (χ1n) is 7.74. The Bertz CT molecular complexity index is 809. The molecule has 0 saturated carbocycles. The molecule has 1 aromatic carbocycles. The van der Waals surface area contributed by atoms with Crippen molar-refractivity contribution in [3.8, 4) is 11.4 Å². The van der Waals surface area contributed by atoms with Crippen LogP contribution in [0.3, 0.4) is 0 Å². The third-order valence-electron chi connectivity index (χ3n) is 4.26. The van der Waals surface area contributed by atoms with Crippen LogP contribution >= 0.6 is 0 Å². The van der Waals surface area contributed by atoms with Crippen molar-refractivity contribution in [2.75, 3.05) is 6.54 Å². The van der Waals surface area contributed by atoms with Crippen LogP contribution < -0.4 is 0 Å². The fraction of sp³-hybridized carbons (Fsp3) is 0.375. The van der Waals surface area contributed by atoms with E-state index in [1.807, 2.05) is 25.1 Å². The number of hydrogen-bond acceptors (Lipinski definition) is 6. The Morgan fingerprint density at radius 2 is 1.87 bits per heavy atom. The lowest BCUT2D eigenvalue weighted by Gasteiger charge is -2.30. The average Bonchev–Trinajstić information content (AvgIpc) is 3.20. The predicted molar refractivity (Wildman–Crippen MR) is 83.3 cm³/mol. The molecule has 3 heterocycles.